The second-order valence-electron chi connectivity index (χ2n) is 8.28. The maximum atomic E-state index is 13.4. The zero-order chi connectivity index (χ0) is 23.4. The molecule has 5 nitrogen and oxygen atoms in total. The molecule has 33 heavy (non-hydrogen) atoms. The third kappa shape index (κ3) is 5.29. The summed E-state index contributed by atoms with van der Waals surface area (Å²) in [5.74, 6) is 0.0343. The van der Waals surface area contributed by atoms with Crippen LogP contribution < -0.4 is 10.7 Å². The Bertz CT molecular complexity index is 1310. The van der Waals surface area contributed by atoms with Crippen molar-refractivity contribution in [2.24, 2.45) is 0 Å². The lowest BCUT2D eigenvalue weighted by Gasteiger charge is -2.23. The summed E-state index contributed by atoms with van der Waals surface area (Å²) in [4.78, 5) is 27.7. The number of para-hydroxylation sites is 1. The van der Waals surface area contributed by atoms with Crippen molar-refractivity contribution in [1.82, 2.24) is 4.90 Å². The highest BCUT2D eigenvalue weighted by Gasteiger charge is 2.18. The van der Waals surface area contributed by atoms with Gasteiger partial charge in [-0.05, 0) is 53.4 Å². The van der Waals surface area contributed by atoms with E-state index in [1.165, 1.54) is 28.9 Å². The normalized spacial score (nSPS) is 11.0. The van der Waals surface area contributed by atoms with Crippen LogP contribution in [0.2, 0.25) is 0 Å². The van der Waals surface area contributed by atoms with Gasteiger partial charge in [0.2, 0.25) is 0 Å². The topological polar surface area (TPSA) is 62.6 Å². The Balaban J connectivity index is 1.61. The molecule has 2 amide bonds. The molecule has 3 aromatic carbocycles. The maximum Gasteiger partial charge on any atom is 0.322 e. The molecule has 0 aliphatic rings. The van der Waals surface area contributed by atoms with Crippen molar-refractivity contribution in [2.45, 2.75) is 32.9 Å². The molecule has 1 aromatic heterocycles. The SMILES string of the molecule is CC(C)c1ccc(NC(=O)N(Cc2ccc(F)cc2)Cc2coc3ccccc3c2=O)cc1. The van der Waals surface area contributed by atoms with Gasteiger partial charge in [-0.2, -0.15) is 0 Å². The average molecular weight is 445 g/mol. The van der Waals surface area contributed by atoms with E-state index in [4.69, 9.17) is 4.42 Å². The van der Waals surface area contributed by atoms with E-state index in [0.29, 0.717) is 28.1 Å². The first-order valence-electron chi connectivity index (χ1n) is 10.8. The number of rotatable bonds is 6. The summed E-state index contributed by atoms with van der Waals surface area (Å²) in [6, 6.07) is 20.2. The number of nitrogens with one attached hydrogen (secondary N) is 1. The van der Waals surface area contributed by atoms with E-state index in [1.54, 1.807) is 36.4 Å². The standard InChI is InChI=1S/C27H25FN2O3/c1-18(2)20-9-13-23(14-10-20)29-27(32)30(15-19-7-11-22(28)12-8-19)16-21-17-33-25-6-4-3-5-24(25)26(21)31/h3-14,17-18H,15-16H2,1-2H3,(H,29,32). The lowest BCUT2D eigenvalue weighted by atomic mass is 10.0. The molecule has 0 saturated carbocycles. The third-order valence-electron chi connectivity index (χ3n) is 5.52. The molecule has 0 bridgehead atoms. The third-order valence-corrected chi connectivity index (χ3v) is 5.52. The van der Waals surface area contributed by atoms with Crippen molar-refractivity contribution in [3.05, 3.63) is 112 Å². The number of carbonyl (C=O) groups is 1. The predicted molar refractivity (Wildman–Crippen MR) is 128 cm³/mol. The predicted octanol–water partition coefficient (Wildman–Crippen LogP) is 6.29. The minimum Gasteiger partial charge on any atom is -0.464 e. The number of carbonyl (C=O) groups excluding carboxylic acids is 1. The van der Waals surface area contributed by atoms with Gasteiger partial charge in [-0.15, -0.1) is 0 Å². The number of fused-ring (bicyclic) bond motifs is 1. The molecule has 0 atom stereocenters. The molecule has 4 aromatic rings. The van der Waals surface area contributed by atoms with E-state index < -0.39 is 0 Å². The van der Waals surface area contributed by atoms with Gasteiger partial charge in [0, 0.05) is 12.2 Å². The monoisotopic (exact) mass is 444 g/mol. The summed E-state index contributed by atoms with van der Waals surface area (Å²) >= 11 is 0. The summed E-state index contributed by atoms with van der Waals surface area (Å²) in [6.07, 6.45) is 1.40. The molecule has 168 valence electrons. The Morgan fingerprint density at radius 1 is 0.970 bits per heavy atom. The van der Waals surface area contributed by atoms with Crippen LogP contribution in [0.25, 0.3) is 11.0 Å². The average Bonchev–Trinajstić information content (AvgIpc) is 2.82. The minimum absolute atomic E-state index is 0.0421. The van der Waals surface area contributed by atoms with E-state index in [9.17, 15) is 14.0 Å². The van der Waals surface area contributed by atoms with Crippen LogP contribution in [0.1, 0.15) is 36.5 Å². The highest BCUT2D eigenvalue weighted by molar-refractivity contribution is 5.89. The number of anilines is 1. The zero-order valence-electron chi connectivity index (χ0n) is 18.5. The van der Waals surface area contributed by atoms with Gasteiger partial charge in [0.1, 0.15) is 11.4 Å². The van der Waals surface area contributed by atoms with Crippen LogP contribution in [0.3, 0.4) is 0 Å². The van der Waals surface area contributed by atoms with Gasteiger partial charge in [-0.25, -0.2) is 9.18 Å². The summed E-state index contributed by atoms with van der Waals surface area (Å²) in [5, 5.41) is 3.36. The minimum atomic E-state index is -0.371. The van der Waals surface area contributed by atoms with Crippen molar-refractivity contribution < 1.29 is 13.6 Å². The zero-order valence-corrected chi connectivity index (χ0v) is 18.5. The van der Waals surface area contributed by atoms with Crippen molar-refractivity contribution in [3.63, 3.8) is 0 Å². The molecule has 0 spiro atoms. The van der Waals surface area contributed by atoms with E-state index in [-0.39, 0.29) is 30.4 Å². The molecule has 0 saturated heterocycles. The van der Waals surface area contributed by atoms with Crippen molar-refractivity contribution in [3.8, 4) is 0 Å². The van der Waals surface area contributed by atoms with Gasteiger partial charge in [0.25, 0.3) is 0 Å². The first kappa shape index (κ1) is 22.3. The molecule has 0 aliphatic carbocycles. The molecule has 0 aliphatic heterocycles. The van der Waals surface area contributed by atoms with Crippen LogP contribution in [-0.4, -0.2) is 10.9 Å². The van der Waals surface area contributed by atoms with Crippen LogP contribution in [-0.2, 0) is 13.1 Å². The number of benzene rings is 3. The van der Waals surface area contributed by atoms with Gasteiger partial charge in [-0.1, -0.05) is 50.2 Å². The van der Waals surface area contributed by atoms with E-state index in [1.807, 2.05) is 24.3 Å². The summed E-state index contributed by atoms with van der Waals surface area (Å²) in [7, 11) is 0. The summed E-state index contributed by atoms with van der Waals surface area (Å²) in [5.41, 5.74) is 3.23. The van der Waals surface area contributed by atoms with Crippen LogP contribution in [0, 0.1) is 5.82 Å². The van der Waals surface area contributed by atoms with E-state index >= 15 is 0 Å². The van der Waals surface area contributed by atoms with Gasteiger partial charge in [-0.3, -0.25) is 4.79 Å². The Labute approximate surface area is 191 Å². The fourth-order valence-electron chi connectivity index (χ4n) is 3.60. The molecule has 4 rings (SSSR count). The Kier molecular flexibility index (Phi) is 6.54. The largest absolute Gasteiger partial charge is 0.464 e. The first-order chi connectivity index (χ1) is 15.9. The van der Waals surface area contributed by atoms with E-state index in [0.717, 1.165) is 5.56 Å². The number of halogens is 1. The van der Waals surface area contributed by atoms with Crippen LogP contribution in [0.15, 0.2) is 88.3 Å². The second kappa shape index (κ2) is 9.69. The lowest BCUT2D eigenvalue weighted by molar-refractivity contribution is 0.206. The Morgan fingerprint density at radius 2 is 1.67 bits per heavy atom. The van der Waals surface area contributed by atoms with Crippen molar-refractivity contribution in [2.75, 3.05) is 5.32 Å². The van der Waals surface area contributed by atoms with Crippen molar-refractivity contribution >= 4 is 22.7 Å². The molecule has 1 N–H and O–H groups in total. The fraction of sp³-hybridized carbons (Fsp3) is 0.185. The maximum absolute atomic E-state index is 13.4. The van der Waals surface area contributed by atoms with Crippen molar-refractivity contribution in [1.29, 1.82) is 0 Å². The summed E-state index contributed by atoms with van der Waals surface area (Å²) in [6.45, 7) is 4.45. The van der Waals surface area contributed by atoms with Gasteiger partial charge >= 0.3 is 6.03 Å². The quantitative estimate of drug-likeness (QED) is 0.380. The van der Waals surface area contributed by atoms with Crippen LogP contribution >= 0.6 is 0 Å². The molecular formula is C27H25FN2O3. The second-order valence-corrected chi connectivity index (χ2v) is 8.28. The van der Waals surface area contributed by atoms with Gasteiger partial charge in [0.05, 0.1) is 23.8 Å². The number of urea groups is 1. The number of amides is 2. The van der Waals surface area contributed by atoms with E-state index in [2.05, 4.69) is 19.2 Å². The van der Waals surface area contributed by atoms with Crippen LogP contribution in [0.4, 0.5) is 14.9 Å². The Morgan fingerprint density at radius 3 is 2.36 bits per heavy atom. The molecule has 1 heterocycles. The molecule has 6 heteroatoms. The number of hydrogen-bond acceptors (Lipinski definition) is 3. The molecule has 0 fully saturated rings. The Hall–Kier alpha value is -3.93. The number of nitrogens with zero attached hydrogens (tertiary/aromatic N) is 1. The highest BCUT2D eigenvalue weighted by Crippen LogP contribution is 2.19. The highest BCUT2D eigenvalue weighted by atomic mass is 19.1. The van der Waals surface area contributed by atoms with Crippen LogP contribution in [0.5, 0.6) is 0 Å². The lowest BCUT2D eigenvalue weighted by Crippen LogP contribution is -2.35. The van der Waals surface area contributed by atoms with Gasteiger partial charge in [0.15, 0.2) is 5.43 Å². The molecule has 0 radical (unpaired) electrons. The smallest absolute Gasteiger partial charge is 0.322 e. The molecular weight excluding hydrogens is 419 g/mol. The number of hydrogen-bond donors (Lipinski definition) is 1. The van der Waals surface area contributed by atoms with Gasteiger partial charge < -0.3 is 14.6 Å². The summed E-state index contributed by atoms with van der Waals surface area (Å²) < 4.78 is 19.0. The first-order valence-corrected chi connectivity index (χ1v) is 10.8. The molecule has 0 unspecified atom stereocenters. The fourth-order valence-corrected chi connectivity index (χ4v) is 3.60.